The fourth-order valence-electron chi connectivity index (χ4n) is 1.61. The Bertz CT molecular complexity index is 491. The third kappa shape index (κ3) is 0.593. The Labute approximate surface area is 69.1 Å². The van der Waals surface area contributed by atoms with Gasteiger partial charge in [-0.3, -0.25) is 0 Å². The number of rotatable bonds is 0. The number of hydrogen-bond acceptors (Lipinski definition) is 1. The van der Waals surface area contributed by atoms with Crippen molar-refractivity contribution in [3.05, 3.63) is 36.5 Å². The maximum absolute atomic E-state index is 5.18. The molecule has 2 heteroatoms. The second-order valence-corrected chi connectivity index (χ2v) is 2.87. The maximum Gasteiger partial charge on any atom is 0.165 e. The van der Waals surface area contributed by atoms with Crippen molar-refractivity contribution in [3.63, 3.8) is 0 Å². The van der Waals surface area contributed by atoms with E-state index in [0.717, 1.165) is 11.3 Å². The summed E-state index contributed by atoms with van der Waals surface area (Å²) in [6.45, 7) is 0. The molecule has 1 aliphatic carbocycles. The molecule has 0 atom stereocenters. The second-order valence-electron chi connectivity index (χ2n) is 2.87. The quantitative estimate of drug-likeness (QED) is 0.534. The highest BCUT2D eigenvalue weighted by atomic mass is 16.5. The molecule has 0 bridgehead atoms. The average Bonchev–Trinajstić information content (AvgIpc) is 2.62. The summed E-state index contributed by atoms with van der Waals surface area (Å²) in [6.07, 6.45) is 1.89. The van der Waals surface area contributed by atoms with Crippen LogP contribution in [0, 0.1) is 0 Å². The summed E-state index contributed by atoms with van der Waals surface area (Å²) in [6, 6.07) is 10.3. The number of hydrogen-bond donors (Lipinski definition) is 1. The van der Waals surface area contributed by atoms with E-state index < -0.39 is 0 Å². The Morgan fingerprint density at radius 1 is 1.17 bits per heavy atom. The van der Waals surface area contributed by atoms with Crippen molar-refractivity contribution < 1.29 is 4.52 Å². The van der Waals surface area contributed by atoms with E-state index in [0.29, 0.717) is 0 Å². The minimum absolute atomic E-state index is 0.927. The maximum atomic E-state index is 5.18. The average molecular weight is 157 g/mol. The molecular weight excluding hydrogens is 150 g/mol. The van der Waals surface area contributed by atoms with Gasteiger partial charge in [0.25, 0.3) is 0 Å². The zero-order valence-electron chi connectivity index (χ0n) is 6.37. The van der Waals surface area contributed by atoms with Gasteiger partial charge in [0.15, 0.2) is 5.76 Å². The molecule has 0 spiro atoms. The SMILES string of the molecule is c1ccc2c3c[nH]oc-3cc2c1. The topological polar surface area (TPSA) is 28.9 Å². The molecule has 1 aromatic rings. The molecule has 1 aromatic carbocycles. The van der Waals surface area contributed by atoms with E-state index in [4.69, 9.17) is 4.52 Å². The standard InChI is InChI=1S/C10H7NO/c1-2-4-8-7(3-1)5-10-9(8)6-11-12-10/h1-6,11H. The van der Waals surface area contributed by atoms with Crippen LogP contribution in [0.1, 0.15) is 0 Å². The monoisotopic (exact) mass is 157 g/mol. The lowest BCUT2D eigenvalue weighted by molar-refractivity contribution is 0.435. The van der Waals surface area contributed by atoms with E-state index in [-0.39, 0.29) is 0 Å². The lowest BCUT2D eigenvalue weighted by atomic mass is 10.2. The van der Waals surface area contributed by atoms with E-state index in [1.165, 1.54) is 10.8 Å². The van der Waals surface area contributed by atoms with Crippen LogP contribution in [0.2, 0.25) is 0 Å². The van der Waals surface area contributed by atoms with Gasteiger partial charge >= 0.3 is 0 Å². The molecule has 0 saturated heterocycles. The van der Waals surface area contributed by atoms with Gasteiger partial charge in [-0.15, -0.1) is 0 Å². The molecule has 1 N–H and O–H groups in total. The van der Waals surface area contributed by atoms with Crippen molar-refractivity contribution >= 4 is 10.8 Å². The van der Waals surface area contributed by atoms with Gasteiger partial charge in [-0.1, -0.05) is 24.3 Å². The Kier molecular flexibility index (Phi) is 0.939. The predicted octanol–water partition coefficient (Wildman–Crippen LogP) is 2.87. The molecule has 0 aromatic heterocycles. The van der Waals surface area contributed by atoms with Crippen LogP contribution in [0.5, 0.6) is 0 Å². The van der Waals surface area contributed by atoms with Crippen molar-refractivity contribution in [2.45, 2.75) is 0 Å². The summed E-state index contributed by atoms with van der Waals surface area (Å²) in [5, 5.41) is 5.22. The normalized spacial score (nSPS) is 11.3. The Morgan fingerprint density at radius 3 is 3.08 bits per heavy atom. The first kappa shape index (κ1) is 5.89. The third-order valence-corrected chi connectivity index (χ3v) is 2.18. The number of nitrogens with one attached hydrogen (secondary N) is 1. The van der Waals surface area contributed by atoms with Crippen LogP contribution >= 0.6 is 0 Å². The molecule has 0 amide bonds. The van der Waals surface area contributed by atoms with E-state index in [2.05, 4.69) is 17.3 Å². The highest BCUT2D eigenvalue weighted by Gasteiger charge is 2.11. The zero-order chi connectivity index (χ0) is 7.97. The van der Waals surface area contributed by atoms with Crippen LogP contribution in [-0.4, -0.2) is 5.16 Å². The third-order valence-electron chi connectivity index (χ3n) is 2.18. The van der Waals surface area contributed by atoms with Gasteiger partial charge in [-0.25, -0.2) is 5.16 Å². The molecule has 0 fully saturated rings. The highest BCUT2D eigenvalue weighted by molar-refractivity contribution is 6.00. The van der Waals surface area contributed by atoms with Gasteiger partial charge in [0.1, 0.15) is 0 Å². The number of aromatic nitrogens is 1. The van der Waals surface area contributed by atoms with Crippen molar-refractivity contribution in [1.29, 1.82) is 0 Å². The molecule has 3 rings (SSSR count). The van der Waals surface area contributed by atoms with Crippen LogP contribution in [0.25, 0.3) is 22.1 Å². The van der Waals surface area contributed by atoms with Crippen LogP contribution in [0.4, 0.5) is 0 Å². The van der Waals surface area contributed by atoms with E-state index in [1.54, 1.807) is 0 Å². The first-order valence-corrected chi connectivity index (χ1v) is 3.89. The number of H-pyrrole nitrogens is 1. The molecule has 58 valence electrons. The lowest BCUT2D eigenvalue weighted by Gasteiger charge is -1.86. The highest BCUT2D eigenvalue weighted by Crippen LogP contribution is 2.33. The first-order chi connectivity index (χ1) is 5.95. The molecule has 1 aliphatic heterocycles. The van der Waals surface area contributed by atoms with Gasteiger partial charge in [0.2, 0.25) is 0 Å². The number of fused-ring (bicyclic) bond motifs is 3. The molecule has 0 radical (unpaired) electrons. The second kappa shape index (κ2) is 1.91. The summed E-state index contributed by atoms with van der Waals surface area (Å²) < 4.78 is 5.18. The summed E-state index contributed by atoms with van der Waals surface area (Å²) >= 11 is 0. The molecule has 0 saturated carbocycles. The van der Waals surface area contributed by atoms with Crippen molar-refractivity contribution in [2.75, 3.05) is 0 Å². The lowest BCUT2D eigenvalue weighted by Crippen LogP contribution is -1.62. The molecular formula is C10H7NO. The largest absolute Gasteiger partial charge is 0.382 e. The molecule has 2 nitrogen and oxygen atoms in total. The summed E-state index contributed by atoms with van der Waals surface area (Å²) in [5.74, 6) is 0.927. The number of benzene rings is 1. The van der Waals surface area contributed by atoms with Crippen LogP contribution in [0.15, 0.2) is 41.1 Å². The van der Waals surface area contributed by atoms with Gasteiger partial charge in [0.05, 0.1) is 0 Å². The van der Waals surface area contributed by atoms with E-state index in [9.17, 15) is 0 Å². The van der Waals surface area contributed by atoms with E-state index in [1.807, 2.05) is 24.4 Å². The summed E-state index contributed by atoms with van der Waals surface area (Å²) in [5.41, 5.74) is 1.16. The van der Waals surface area contributed by atoms with Crippen LogP contribution in [-0.2, 0) is 0 Å². The molecule has 1 heterocycles. The van der Waals surface area contributed by atoms with Gasteiger partial charge in [-0.05, 0) is 16.8 Å². The summed E-state index contributed by atoms with van der Waals surface area (Å²) in [7, 11) is 0. The minimum atomic E-state index is 0.927. The molecule has 12 heavy (non-hydrogen) atoms. The Morgan fingerprint density at radius 2 is 2.08 bits per heavy atom. The van der Waals surface area contributed by atoms with Crippen LogP contribution < -0.4 is 0 Å². The van der Waals surface area contributed by atoms with Crippen molar-refractivity contribution in [3.8, 4) is 11.3 Å². The predicted molar refractivity (Wildman–Crippen MR) is 47.2 cm³/mol. The first-order valence-electron chi connectivity index (χ1n) is 3.89. The van der Waals surface area contributed by atoms with Crippen LogP contribution in [0.3, 0.4) is 0 Å². The summed E-state index contributed by atoms with van der Waals surface area (Å²) in [4.78, 5) is 0. The molecule has 2 aliphatic rings. The smallest absolute Gasteiger partial charge is 0.165 e. The van der Waals surface area contributed by atoms with Gasteiger partial charge in [0, 0.05) is 11.8 Å². The Hall–Kier alpha value is -1.70. The number of aromatic amines is 1. The van der Waals surface area contributed by atoms with E-state index >= 15 is 0 Å². The van der Waals surface area contributed by atoms with Crippen molar-refractivity contribution in [2.24, 2.45) is 0 Å². The van der Waals surface area contributed by atoms with Gasteiger partial charge < -0.3 is 4.52 Å². The zero-order valence-corrected chi connectivity index (χ0v) is 6.37. The molecule has 0 unspecified atom stereocenters. The fourth-order valence-corrected chi connectivity index (χ4v) is 1.61. The van der Waals surface area contributed by atoms with Gasteiger partial charge in [-0.2, -0.15) is 0 Å². The van der Waals surface area contributed by atoms with Crippen molar-refractivity contribution in [1.82, 2.24) is 5.16 Å². The fraction of sp³-hybridized carbons (Fsp3) is 0. The minimum Gasteiger partial charge on any atom is -0.382 e. The Balaban J connectivity index is 2.59.